The Morgan fingerprint density at radius 1 is 1.29 bits per heavy atom. The van der Waals surface area contributed by atoms with Gasteiger partial charge in [0.05, 0.1) is 10.7 Å². The summed E-state index contributed by atoms with van der Waals surface area (Å²) >= 11 is 5.94. The number of carbonyl (C=O) groups is 2. The molecular formula is C16H24ClFN4O2+2. The van der Waals surface area contributed by atoms with Crippen molar-refractivity contribution < 1.29 is 23.8 Å². The van der Waals surface area contributed by atoms with Crippen molar-refractivity contribution in [1.82, 2.24) is 5.32 Å². The summed E-state index contributed by atoms with van der Waals surface area (Å²) in [7, 11) is 1.64. The third-order valence-corrected chi connectivity index (χ3v) is 4.80. The van der Waals surface area contributed by atoms with Gasteiger partial charge >= 0.3 is 0 Å². The molecule has 1 aliphatic heterocycles. The predicted octanol–water partition coefficient (Wildman–Crippen LogP) is -1.66. The molecule has 1 fully saturated rings. The Morgan fingerprint density at radius 3 is 2.54 bits per heavy atom. The SMILES string of the molecule is CNC(=O)C[NH+]1CC[NH+]([C@@H](C)C(=O)Nc2ccc(F)cc2Cl)CC1. The first-order valence-corrected chi connectivity index (χ1v) is 8.43. The first-order valence-electron chi connectivity index (χ1n) is 8.05. The van der Waals surface area contributed by atoms with Gasteiger partial charge < -0.3 is 20.4 Å². The zero-order valence-electron chi connectivity index (χ0n) is 13.9. The van der Waals surface area contributed by atoms with Gasteiger partial charge in [0.2, 0.25) is 0 Å². The molecule has 4 N–H and O–H groups in total. The number of rotatable bonds is 5. The maximum absolute atomic E-state index is 13.1. The van der Waals surface area contributed by atoms with Crippen molar-refractivity contribution in [3.63, 3.8) is 0 Å². The Hall–Kier alpha value is -1.70. The lowest BCUT2D eigenvalue weighted by molar-refractivity contribution is -1.01. The highest BCUT2D eigenvalue weighted by Crippen LogP contribution is 2.22. The molecule has 24 heavy (non-hydrogen) atoms. The summed E-state index contributed by atoms with van der Waals surface area (Å²) in [5.74, 6) is -0.551. The molecule has 1 saturated heterocycles. The van der Waals surface area contributed by atoms with Crippen LogP contribution in [0.2, 0.25) is 5.02 Å². The zero-order valence-corrected chi connectivity index (χ0v) is 14.7. The minimum absolute atomic E-state index is 0.0326. The lowest BCUT2D eigenvalue weighted by Gasteiger charge is -2.32. The van der Waals surface area contributed by atoms with E-state index < -0.39 is 5.82 Å². The zero-order chi connectivity index (χ0) is 17.7. The molecule has 1 atom stereocenters. The van der Waals surface area contributed by atoms with E-state index in [4.69, 9.17) is 11.6 Å². The molecule has 132 valence electrons. The summed E-state index contributed by atoms with van der Waals surface area (Å²) in [6, 6.07) is 3.66. The Labute approximate surface area is 145 Å². The van der Waals surface area contributed by atoms with Crippen LogP contribution in [0.5, 0.6) is 0 Å². The van der Waals surface area contributed by atoms with E-state index in [0.717, 1.165) is 26.2 Å². The van der Waals surface area contributed by atoms with Crippen LogP contribution in [-0.2, 0) is 9.59 Å². The lowest BCUT2D eigenvalue weighted by Crippen LogP contribution is -3.30. The van der Waals surface area contributed by atoms with Crippen LogP contribution in [0.15, 0.2) is 18.2 Å². The van der Waals surface area contributed by atoms with E-state index in [1.165, 1.54) is 28.0 Å². The summed E-state index contributed by atoms with van der Waals surface area (Å²) in [5, 5.41) is 5.57. The average Bonchev–Trinajstić information content (AvgIpc) is 2.57. The van der Waals surface area contributed by atoms with Gasteiger partial charge in [-0.05, 0) is 25.1 Å². The fraction of sp³-hybridized carbons (Fsp3) is 0.500. The molecule has 1 aromatic rings. The first kappa shape index (κ1) is 18.6. The molecule has 0 spiro atoms. The van der Waals surface area contributed by atoms with Crippen molar-refractivity contribution in [2.75, 3.05) is 45.1 Å². The number of benzene rings is 1. The van der Waals surface area contributed by atoms with Crippen LogP contribution in [0.4, 0.5) is 10.1 Å². The van der Waals surface area contributed by atoms with E-state index in [2.05, 4.69) is 10.6 Å². The van der Waals surface area contributed by atoms with E-state index in [1.54, 1.807) is 7.05 Å². The first-order chi connectivity index (χ1) is 11.4. The number of amides is 2. The van der Waals surface area contributed by atoms with Crippen molar-refractivity contribution in [1.29, 1.82) is 0 Å². The maximum Gasteiger partial charge on any atom is 0.282 e. The van der Waals surface area contributed by atoms with Crippen LogP contribution in [0.1, 0.15) is 6.92 Å². The summed E-state index contributed by atoms with van der Waals surface area (Å²) in [6.07, 6.45) is 0. The van der Waals surface area contributed by atoms with Gasteiger partial charge in [-0.25, -0.2) is 4.39 Å². The van der Waals surface area contributed by atoms with Crippen LogP contribution >= 0.6 is 11.6 Å². The molecule has 0 saturated carbocycles. The number of nitrogens with one attached hydrogen (secondary N) is 4. The summed E-state index contributed by atoms with van der Waals surface area (Å²) < 4.78 is 13.1. The molecule has 2 rings (SSSR count). The number of piperazine rings is 1. The van der Waals surface area contributed by atoms with Crippen molar-refractivity contribution in [2.45, 2.75) is 13.0 Å². The second-order valence-electron chi connectivity index (χ2n) is 6.09. The molecule has 2 amide bonds. The molecule has 0 radical (unpaired) electrons. The minimum Gasteiger partial charge on any atom is -0.354 e. The van der Waals surface area contributed by atoms with Gasteiger partial charge in [0.25, 0.3) is 11.8 Å². The fourth-order valence-corrected chi connectivity index (χ4v) is 3.08. The largest absolute Gasteiger partial charge is 0.354 e. The second kappa shape index (κ2) is 8.41. The molecule has 0 aliphatic carbocycles. The average molecular weight is 359 g/mol. The highest BCUT2D eigenvalue weighted by Gasteiger charge is 2.31. The quantitative estimate of drug-likeness (QED) is 0.509. The molecule has 0 aromatic heterocycles. The van der Waals surface area contributed by atoms with Crippen LogP contribution in [0, 0.1) is 5.82 Å². The number of halogens is 2. The van der Waals surface area contributed by atoms with E-state index in [0.29, 0.717) is 12.2 Å². The normalized spacial score (nSPS) is 21.8. The topological polar surface area (TPSA) is 67.1 Å². The van der Waals surface area contributed by atoms with E-state index in [1.807, 2.05) is 6.92 Å². The van der Waals surface area contributed by atoms with Crippen molar-refractivity contribution in [3.05, 3.63) is 29.0 Å². The standard InChI is InChI=1S/C16H22ClFN4O2/c1-11(16(24)20-14-4-3-12(18)9-13(14)17)22-7-5-21(6-8-22)10-15(23)19-2/h3-4,9,11H,5-8,10H2,1-2H3,(H,19,23)(H,20,24)/p+2/t11-/m0/s1. The summed E-state index contributed by atoms with van der Waals surface area (Å²) in [5.41, 5.74) is 0.415. The van der Waals surface area contributed by atoms with Crippen LogP contribution in [0.25, 0.3) is 0 Å². The smallest absolute Gasteiger partial charge is 0.282 e. The molecular weight excluding hydrogens is 335 g/mol. The molecule has 0 bridgehead atoms. The van der Waals surface area contributed by atoms with Gasteiger partial charge in [0.1, 0.15) is 32.0 Å². The lowest BCUT2D eigenvalue weighted by atomic mass is 10.2. The van der Waals surface area contributed by atoms with Crippen LogP contribution in [0.3, 0.4) is 0 Å². The van der Waals surface area contributed by atoms with Gasteiger partial charge in [-0.2, -0.15) is 0 Å². The molecule has 1 heterocycles. The second-order valence-corrected chi connectivity index (χ2v) is 6.50. The fourth-order valence-electron chi connectivity index (χ4n) is 2.87. The third-order valence-electron chi connectivity index (χ3n) is 4.48. The van der Waals surface area contributed by atoms with Gasteiger partial charge in [-0.1, -0.05) is 11.6 Å². The molecule has 1 aromatic carbocycles. The highest BCUT2D eigenvalue weighted by molar-refractivity contribution is 6.33. The molecule has 0 unspecified atom stereocenters. The van der Waals surface area contributed by atoms with E-state index in [9.17, 15) is 14.0 Å². The number of anilines is 1. The summed E-state index contributed by atoms with van der Waals surface area (Å²) in [4.78, 5) is 26.2. The molecule has 1 aliphatic rings. The van der Waals surface area contributed by atoms with Gasteiger partial charge in [-0.3, -0.25) is 9.59 Å². The van der Waals surface area contributed by atoms with E-state index >= 15 is 0 Å². The highest BCUT2D eigenvalue weighted by atomic mass is 35.5. The Morgan fingerprint density at radius 2 is 1.96 bits per heavy atom. The number of quaternary nitrogens is 2. The Balaban J connectivity index is 1.87. The van der Waals surface area contributed by atoms with Crippen molar-refractivity contribution in [2.24, 2.45) is 0 Å². The summed E-state index contributed by atoms with van der Waals surface area (Å²) in [6.45, 7) is 5.66. The number of hydrogen-bond donors (Lipinski definition) is 4. The van der Waals surface area contributed by atoms with Crippen LogP contribution in [-0.4, -0.2) is 57.6 Å². The van der Waals surface area contributed by atoms with Gasteiger partial charge in [-0.15, -0.1) is 0 Å². The molecule has 8 heteroatoms. The third kappa shape index (κ3) is 4.90. The predicted molar refractivity (Wildman–Crippen MR) is 89.8 cm³/mol. The Kier molecular flexibility index (Phi) is 6.53. The minimum atomic E-state index is -0.438. The number of hydrogen-bond acceptors (Lipinski definition) is 2. The van der Waals surface area contributed by atoms with E-state index in [-0.39, 0.29) is 22.9 Å². The molecule has 6 nitrogen and oxygen atoms in total. The number of carbonyl (C=O) groups excluding carboxylic acids is 2. The van der Waals surface area contributed by atoms with Crippen molar-refractivity contribution >= 4 is 29.1 Å². The van der Waals surface area contributed by atoms with Gasteiger partial charge in [0, 0.05) is 7.05 Å². The number of likely N-dealkylation sites (N-methyl/N-ethyl adjacent to an activating group) is 1. The maximum atomic E-state index is 13.1. The van der Waals surface area contributed by atoms with Crippen molar-refractivity contribution in [3.8, 4) is 0 Å². The Bertz CT molecular complexity index is 606. The van der Waals surface area contributed by atoms with Crippen LogP contribution < -0.4 is 20.4 Å². The monoisotopic (exact) mass is 358 g/mol. The van der Waals surface area contributed by atoms with Gasteiger partial charge in [0.15, 0.2) is 12.6 Å².